The first-order valence-corrected chi connectivity index (χ1v) is 13.1. The maximum Gasteiger partial charge on any atom is 0.243 e. The Morgan fingerprint density at radius 3 is 2.65 bits per heavy atom. The number of sulfonamides is 1. The van der Waals surface area contributed by atoms with Gasteiger partial charge < -0.3 is 10.1 Å². The van der Waals surface area contributed by atoms with E-state index in [-0.39, 0.29) is 10.8 Å². The van der Waals surface area contributed by atoms with Gasteiger partial charge in [0.2, 0.25) is 15.9 Å². The van der Waals surface area contributed by atoms with E-state index in [9.17, 15) is 13.2 Å². The third-order valence-corrected chi connectivity index (χ3v) is 8.85. The Morgan fingerprint density at radius 2 is 1.88 bits per heavy atom. The molecule has 0 radical (unpaired) electrons. The summed E-state index contributed by atoms with van der Waals surface area (Å²) in [6, 6.07) is 20.9. The average molecular weight is 494 g/mol. The highest BCUT2D eigenvalue weighted by Gasteiger charge is 2.39. The summed E-state index contributed by atoms with van der Waals surface area (Å²) in [5, 5.41) is 3.77. The van der Waals surface area contributed by atoms with Crippen LogP contribution < -0.4 is 10.1 Å². The van der Waals surface area contributed by atoms with Crippen molar-refractivity contribution >= 4 is 43.2 Å². The van der Waals surface area contributed by atoms with Crippen molar-refractivity contribution in [3.63, 3.8) is 0 Å². The highest BCUT2D eigenvalue weighted by molar-refractivity contribution is 7.89. The Morgan fingerprint density at radius 1 is 1.09 bits per heavy atom. The predicted molar refractivity (Wildman–Crippen MR) is 134 cm³/mol. The second-order valence-corrected chi connectivity index (χ2v) is 10.9. The Kier molecular flexibility index (Phi) is 6.07. The molecule has 0 bridgehead atoms. The van der Waals surface area contributed by atoms with Crippen LogP contribution in [-0.4, -0.2) is 43.3 Å². The first kappa shape index (κ1) is 22.5. The molecule has 1 N–H and O–H groups in total. The normalized spacial score (nSPS) is 16.6. The number of anilines is 1. The molecule has 1 aliphatic heterocycles. The van der Waals surface area contributed by atoms with Gasteiger partial charge in [-0.25, -0.2) is 13.4 Å². The van der Waals surface area contributed by atoms with E-state index < -0.39 is 16.1 Å². The highest BCUT2D eigenvalue weighted by Crippen LogP contribution is 2.32. The van der Waals surface area contributed by atoms with Crippen LogP contribution in [0.2, 0.25) is 0 Å². The number of benzene rings is 3. The number of methoxy groups -OCH3 is 1. The number of amides is 1. The molecule has 0 aliphatic carbocycles. The quantitative estimate of drug-likeness (QED) is 0.418. The highest BCUT2D eigenvalue weighted by atomic mass is 32.2. The topological polar surface area (TPSA) is 88.6 Å². The number of nitrogens with zero attached hydrogens (tertiary/aromatic N) is 2. The zero-order valence-electron chi connectivity index (χ0n) is 18.5. The number of carbonyl (C=O) groups excluding carboxylic acids is 1. The van der Waals surface area contributed by atoms with E-state index in [0.29, 0.717) is 30.8 Å². The van der Waals surface area contributed by atoms with Gasteiger partial charge in [-0.05, 0) is 61.4 Å². The molecule has 0 spiro atoms. The molecular weight excluding hydrogens is 470 g/mol. The Labute approximate surface area is 202 Å². The number of aromatic nitrogens is 1. The zero-order chi connectivity index (χ0) is 23.7. The molecule has 4 aromatic rings. The fraction of sp³-hybridized carbons (Fsp3) is 0.200. The molecule has 3 aromatic carbocycles. The van der Waals surface area contributed by atoms with Crippen molar-refractivity contribution < 1.29 is 17.9 Å². The van der Waals surface area contributed by atoms with E-state index in [2.05, 4.69) is 10.3 Å². The summed E-state index contributed by atoms with van der Waals surface area (Å²) in [6.45, 7) is 0.304. The SMILES string of the molecule is COc1ccc(S(=O)(=O)N2CCCC2C(=O)Nc2cccc(-c3nc4ccccc4s3)c2)cc1. The summed E-state index contributed by atoms with van der Waals surface area (Å²) in [7, 11) is -2.28. The lowest BCUT2D eigenvalue weighted by atomic mass is 10.2. The summed E-state index contributed by atoms with van der Waals surface area (Å²) in [5.41, 5.74) is 2.44. The van der Waals surface area contributed by atoms with Gasteiger partial charge in [-0.15, -0.1) is 11.3 Å². The molecule has 174 valence electrons. The summed E-state index contributed by atoms with van der Waals surface area (Å²) in [4.78, 5) is 18.0. The fourth-order valence-electron chi connectivity index (χ4n) is 4.12. The van der Waals surface area contributed by atoms with Gasteiger partial charge in [0.15, 0.2) is 0 Å². The van der Waals surface area contributed by atoms with Crippen LogP contribution in [0, 0.1) is 0 Å². The second-order valence-electron chi connectivity index (χ2n) is 8.01. The van der Waals surface area contributed by atoms with Gasteiger partial charge >= 0.3 is 0 Å². The van der Waals surface area contributed by atoms with Crippen LogP contribution in [0.15, 0.2) is 77.7 Å². The van der Waals surface area contributed by atoms with Crippen LogP contribution in [0.1, 0.15) is 12.8 Å². The van der Waals surface area contributed by atoms with E-state index >= 15 is 0 Å². The van der Waals surface area contributed by atoms with Crippen LogP contribution in [0.4, 0.5) is 5.69 Å². The van der Waals surface area contributed by atoms with Gasteiger partial charge in [0.25, 0.3) is 0 Å². The summed E-state index contributed by atoms with van der Waals surface area (Å²) >= 11 is 1.59. The second kappa shape index (κ2) is 9.17. The van der Waals surface area contributed by atoms with E-state index in [1.165, 1.54) is 23.5 Å². The maximum absolute atomic E-state index is 13.2. The molecule has 0 saturated carbocycles. The lowest BCUT2D eigenvalue weighted by molar-refractivity contribution is -0.119. The van der Waals surface area contributed by atoms with E-state index in [4.69, 9.17) is 4.74 Å². The van der Waals surface area contributed by atoms with Crippen molar-refractivity contribution in [1.29, 1.82) is 0 Å². The number of rotatable bonds is 6. The smallest absolute Gasteiger partial charge is 0.243 e. The molecule has 2 heterocycles. The molecule has 1 fully saturated rings. The molecular formula is C25H23N3O4S2. The number of hydrogen-bond acceptors (Lipinski definition) is 6. The van der Waals surface area contributed by atoms with Crippen molar-refractivity contribution in [3.8, 4) is 16.3 Å². The number of para-hydroxylation sites is 1. The molecule has 9 heteroatoms. The molecule has 1 aromatic heterocycles. The minimum atomic E-state index is -3.81. The number of ether oxygens (including phenoxy) is 1. The first-order chi connectivity index (χ1) is 16.5. The lowest BCUT2D eigenvalue weighted by Gasteiger charge is -2.23. The van der Waals surface area contributed by atoms with Gasteiger partial charge in [-0.1, -0.05) is 24.3 Å². The van der Waals surface area contributed by atoms with Gasteiger partial charge in [0, 0.05) is 17.8 Å². The van der Waals surface area contributed by atoms with Crippen molar-refractivity contribution in [3.05, 3.63) is 72.8 Å². The van der Waals surface area contributed by atoms with Crippen molar-refractivity contribution in [2.75, 3.05) is 19.0 Å². The van der Waals surface area contributed by atoms with Crippen LogP contribution in [0.5, 0.6) is 5.75 Å². The number of nitrogens with one attached hydrogen (secondary N) is 1. The molecule has 34 heavy (non-hydrogen) atoms. The molecule has 1 aliphatic rings. The van der Waals surface area contributed by atoms with Gasteiger partial charge in [0.1, 0.15) is 16.8 Å². The van der Waals surface area contributed by atoms with E-state index in [1.54, 1.807) is 29.5 Å². The average Bonchev–Trinajstić information content (AvgIpc) is 3.52. The van der Waals surface area contributed by atoms with Crippen LogP contribution in [-0.2, 0) is 14.8 Å². The standard InChI is InChI=1S/C25H23N3O4S2/c1-32-19-11-13-20(14-12-19)34(30,31)28-15-5-9-22(28)24(29)26-18-7-4-6-17(16-18)25-27-21-8-2-3-10-23(21)33-25/h2-4,6-8,10-14,16,22H,5,9,15H2,1H3,(H,26,29). The first-order valence-electron chi connectivity index (χ1n) is 10.9. The molecule has 7 nitrogen and oxygen atoms in total. The third kappa shape index (κ3) is 4.29. The minimum absolute atomic E-state index is 0.144. The number of thiazole rings is 1. The van der Waals surface area contributed by atoms with Crippen molar-refractivity contribution in [2.45, 2.75) is 23.8 Å². The summed E-state index contributed by atoms with van der Waals surface area (Å²) in [6.07, 6.45) is 1.10. The molecule has 1 saturated heterocycles. The van der Waals surface area contributed by atoms with Crippen LogP contribution in [0.25, 0.3) is 20.8 Å². The lowest BCUT2D eigenvalue weighted by Crippen LogP contribution is -2.43. The fourth-order valence-corrected chi connectivity index (χ4v) is 6.74. The van der Waals surface area contributed by atoms with Crippen LogP contribution in [0.3, 0.4) is 0 Å². The summed E-state index contributed by atoms with van der Waals surface area (Å²) in [5.74, 6) is 0.235. The molecule has 1 amide bonds. The predicted octanol–water partition coefficient (Wildman–Crippen LogP) is 4.76. The number of carbonyl (C=O) groups is 1. The Hall–Kier alpha value is -3.27. The van der Waals surface area contributed by atoms with Crippen molar-refractivity contribution in [1.82, 2.24) is 9.29 Å². The van der Waals surface area contributed by atoms with Gasteiger partial charge in [0.05, 0.1) is 22.2 Å². The molecule has 1 unspecified atom stereocenters. The Balaban J connectivity index is 1.35. The summed E-state index contributed by atoms with van der Waals surface area (Å²) < 4.78 is 34.0. The number of fused-ring (bicyclic) bond motifs is 1. The van der Waals surface area contributed by atoms with Crippen molar-refractivity contribution in [2.24, 2.45) is 0 Å². The largest absolute Gasteiger partial charge is 0.497 e. The Bertz CT molecular complexity index is 1420. The number of hydrogen-bond donors (Lipinski definition) is 1. The van der Waals surface area contributed by atoms with E-state index in [1.807, 2.05) is 42.5 Å². The van der Waals surface area contributed by atoms with Crippen LogP contribution >= 0.6 is 11.3 Å². The maximum atomic E-state index is 13.2. The molecule has 1 atom stereocenters. The minimum Gasteiger partial charge on any atom is -0.497 e. The third-order valence-electron chi connectivity index (χ3n) is 5.84. The monoisotopic (exact) mass is 493 g/mol. The zero-order valence-corrected chi connectivity index (χ0v) is 20.1. The molecule has 5 rings (SSSR count). The van der Waals surface area contributed by atoms with Gasteiger partial charge in [-0.2, -0.15) is 4.31 Å². The van der Waals surface area contributed by atoms with E-state index in [0.717, 1.165) is 20.8 Å². The van der Waals surface area contributed by atoms with Gasteiger partial charge in [-0.3, -0.25) is 4.79 Å².